The lowest BCUT2D eigenvalue weighted by Crippen LogP contribution is -2.16. The maximum atomic E-state index is 12.5. The number of alkyl halides is 3. The van der Waals surface area contributed by atoms with Gasteiger partial charge in [-0.3, -0.25) is 4.79 Å². The summed E-state index contributed by atoms with van der Waals surface area (Å²) in [5.74, 6) is -0.0126. The van der Waals surface area contributed by atoms with Crippen LogP contribution in [0.5, 0.6) is 0 Å². The van der Waals surface area contributed by atoms with Gasteiger partial charge in [0, 0.05) is 6.20 Å². The van der Waals surface area contributed by atoms with Crippen LogP contribution in [0, 0.1) is 13.8 Å². The Morgan fingerprint density at radius 2 is 2.13 bits per heavy atom. The van der Waals surface area contributed by atoms with Crippen LogP contribution in [-0.4, -0.2) is 21.6 Å². The molecular formula is C13H11ClF3N3O2S. The summed E-state index contributed by atoms with van der Waals surface area (Å²) in [7, 11) is 0. The van der Waals surface area contributed by atoms with Crippen LogP contribution in [0.25, 0.3) is 0 Å². The Labute approximate surface area is 138 Å². The molecule has 2 heterocycles. The van der Waals surface area contributed by atoms with E-state index in [9.17, 15) is 18.0 Å². The summed E-state index contributed by atoms with van der Waals surface area (Å²) >= 11 is 6.76. The lowest BCUT2D eigenvalue weighted by Gasteiger charge is -2.09. The van der Waals surface area contributed by atoms with Gasteiger partial charge in [-0.15, -0.1) is 0 Å². The van der Waals surface area contributed by atoms with E-state index in [0.717, 1.165) is 17.5 Å². The van der Waals surface area contributed by atoms with E-state index < -0.39 is 17.6 Å². The number of nitrogens with one attached hydrogen (secondary N) is 1. The Morgan fingerprint density at radius 3 is 2.65 bits per heavy atom. The van der Waals surface area contributed by atoms with Gasteiger partial charge in [-0.05, 0) is 19.9 Å². The van der Waals surface area contributed by atoms with E-state index in [4.69, 9.17) is 16.0 Å². The number of carbonyl (C=O) groups excluding carboxylic acids is 1. The number of hydrogen-bond donors (Lipinski definition) is 1. The highest BCUT2D eigenvalue weighted by atomic mass is 35.5. The smallest absolute Gasteiger partial charge is 0.417 e. The zero-order chi connectivity index (χ0) is 17.2. The third-order valence-electron chi connectivity index (χ3n) is 2.76. The molecule has 0 fully saturated rings. The lowest BCUT2D eigenvalue weighted by atomic mass is 10.3. The first-order valence-electron chi connectivity index (χ1n) is 6.26. The molecule has 124 valence electrons. The molecule has 1 N–H and O–H groups in total. The summed E-state index contributed by atoms with van der Waals surface area (Å²) in [5.41, 5.74) is -0.263. The number of carbonyl (C=O) groups is 1. The van der Waals surface area contributed by atoms with Crippen molar-refractivity contribution >= 4 is 35.1 Å². The van der Waals surface area contributed by atoms with Crippen molar-refractivity contribution in [3.05, 3.63) is 34.3 Å². The second kappa shape index (κ2) is 6.79. The number of aryl methyl sites for hydroxylation is 2. The van der Waals surface area contributed by atoms with Crippen LogP contribution >= 0.6 is 23.4 Å². The van der Waals surface area contributed by atoms with Gasteiger partial charge in [-0.2, -0.15) is 13.2 Å². The van der Waals surface area contributed by atoms with Gasteiger partial charge in [0.25, 0.3) is 5.22 Å². The van der Waals surface area contributed by atoms with Crippen molar-refractivity contribution in [2.75, 3.05) is 11.1 Å². The molecule has 0 radical (unpaired) electrons. The zero-order valence-electron chi connectivity index (χ0n) is 12.0. The molecule has 0 aliphatic carbocycles. The number of hydrogen-bond acceptors (Lipinski definition) is 5. The molecule has 1 amide bonds. The van der Waals surface area contributed by atoms with E-state index in [-0.39, 0.29) is 16.6 Å². The predicted octanol–water partition coefficient (Wildman–Crippen LogP) is 4.09. The Bertz CT molecular complexity index is 714. The summed E-state index contributed by atoms with van der Waals surface area (Å²) in [6.45, 7) is 3.52. The second-order valence-corrected chi connectivity index (χ2v) is 5.84. The Morgan fingerprint density at radius 1 is 1.43 bits per heavy atom. The third-order valence-corrected chi connectivity index (χ3v) is 3.88. The number of pyridine rings is 1. The molecule has 0 saturated heterocycles. The minimum atomic E-state index is -4.55. The van der Waals surface area contributed by atoms with Crippen LogP contribution in [0.4, 0.5) is 19.0 Å². The standard InChI is InChI=1S/C13H11ClF3N3O2S/c1-6-7(2)22-12(19-6)23-5-10(21)20-11-9(14)3-8(4-18-11)13(15,16)17/h3-4H,5H2,1-2H3,(H,18,20,21). The van der Waals surface area contributed by atoms with E-state index in [1.807, 2.05) is 0 Å². The van der Waals surface area contributed by atoms with Gasteiger partial charge in [-0.25, -0.2) is 9.97 Å². The molecule has 23 heavy (non-hydrogen) atoms. The number of amides is 1. The minimum Gasteiger partial charge on any atom is -0.437 e. The number of nitrogens with zero attached hydrogens (tertiary/aromatic N) is 2. The van der Waals surface area contributed by atoms with Crippen LogP contribution in [-0.2, 0) is 11.0 Å². The van der Waals surface area contributed by atoms with Crippen molar-refractivity contribution in [3.8, 4) is 0 Å². The number of aromatic nitrogens is 2. The van der Waals surface area contributed by atoms with Gasteiger partial charge < -0.3 is 9.73 Å². The monoisotopic (exact) mass is 365 g/mol. The van der Waals surface area contributed by atoms with Crippen molar-refractivity contribution in [1.29, 1.82) is 0 Å². The first-order chi connectivity index (χ1) is 10.7. The van der Waals surface area contributed by atoms with E-state index in [1.54, 1.807) is 13.8 Å². The molecule has 10 heteroatoms. The number of anilines is 1. The topological polar surface area (TPSA) is 68.0 Å². The minimum absolute atomic E-state index is 0.0432. The fraction of sp³-hybridized carbons (Fsp3) is 0.308. The van der Waals surface area contributed by atoms with Crippen molar-refractivity contribution in [1.82, 2.24) is 9.97 Å². The van der Waals surface area contributed by atoms with Gasteiger partial charge >= 0.3 is 6.18 Å². The highest BCUT2D eigenvalue weighted by Crippen LogP contribution is 2.32. The Hall–Kier alpha value is -1.74. The van der Waals surface area contributed by atoms with Crippen molar-refractivity contribution in [3.63, 3.8) is 0 Å². The lowest BCUT2D eigenvalue weighted by molar-refractivity contribution is -0.137. The summed E-state index contributed by atoms with van der Waals surface area (Å²) < 4.78 is 42.8. The quantitative estimate of drug-likeness (QED) is 0.826. The number of rotatable bonds is 4. The molecule has 0 spiro atoms. The molecule has 2 rings (SSSR count). The molecule has 0 saturated carbocycles. The van der Waals surface area contributed by atoms with Gasteiger partial charge in [0.05, 0.1) is 22.0 Å². The van der Waals surface area contributed by atoms with Crippen molar-refractivity contribution in [2.45, 2.75) is 25.2 Å². The highest BCUT2D eigenvalue weighted by Gasteiger charge is 2.31. The summed E-state index contributed by atoms with van der Waals surface area (Å²) in [6.07, 6.45) is -3.94. The van der Waals surface area contributed by atoms with Crippen molar-refractivity contribution < 1.29 is 22.4 Å². The Kier molecular flexibility index (Phi) is 5.20. The summed E-state index contributed by atoms with van der Waals surface area (Å²) in [4.78, 5) is 19.4. The molecule has 0 aromatic carbocycles. The van der Waals surface area contributed by atoms with E-state index in [1.165, 1.54) is 0 Å². The number of halogens is 4. The summed E-state index contributed by atoms with van der Waals surface area (Å²) in [5, 5.41) is 2.38. The highest BCUT2D eigenvalue weighted by molar-refractivity contribution is 7.99. The molecule has 0 aliphatic rings. The molecule has 0 atom stereocenters. The first kappa shape index (κ1) is 17.6. The van der Waals surface area contributed by atoms with Crippen LogP contribution in [0.15, 0.2) is 21.9 Å². The van der Waals surface area contributed by atoms with Gasteiger partial charge in [0.1, 0.15) is 5.76 Å². The van der Waals surface area contributed by atoms with Crippen molar-refractivity contribution in [2.24, 2.45) is 0 Å². The largest absolute Gasteiger partial charge is 0.437 e. The molecule has 2 aromatic rings. The third kappa shape index (κ3) is 4.61. The van der Waals surface area contributed by atoms with E-state index in [0.29, 0.717) is 23.2 Å². The fourth-order valence-corrected chi connectivity index (χ4v) is 2.41. The van der Waals surface area contributed by atoms with E-state index in [2.05, 4.69) is 15.3 Å². The van der Waals surface area contributed by atoms with Crippen LogP contribution in [0.3, 0.4) is 0 Å². The van der Waals surface area contributed by atoms with Gasteiger partial charge in [-0.1, -0.05) is 23.4 Å². The molecule has 0 unspecified atom stereocenters. The van der Waals surface area contributed by atoms with E-state index >= 15 is 0 Å². The molecule has 2 aromatic heterocycles. The molecular weight excluding hydrogens is 355 g/mol. The number of oxazole rings is 1. The Balaban J connectivity index is 1.97. The zero-order valence-corrected chi connectivity index (χ0v) is 13.6. The molecule has 5 nitrogen and oxygen atoms in total. The fourth-order valence-electron chi connectivity index (χ4n) is 1.49. The summed E-state index contributed by atoms with van der Waals surface area (Å²) in [6, 6.07) is 0.706. The maximum absolute atomic E-state index is 12.5. The average Bonchev–Trinajstić information content (AvgIpc) is 2.77. The molecule has 0 aliphatic heterocycles. The number of thioether (sulfide) groups is 1. The van der Waals surface area contributed by atoms with Gasteiger partial charge in [0.2, 0.25) is 5.91 Å². The van der Waals surface area contributed by atoms with Crippen LogP contribution in [0.1, 0.15) is 17.0 Å². The van der Waals surface area contributed by atoms with Crippen LogP contribution < -0.4 is 5.32 Å². The predicted molar refractivity (Wildman–Crippen MR) is 79.6 cm³/mol. The maximum Gasteiger partial charge on any atom is 0.417 e. The average molecular weight is 366 g/mol. The SMILES string of the molecule is Cc1nc(SCC(=O)Nc2ncc(C(F)(F)F)cc2Cl)oc1C. The normalized spacial score (nSPS) is 11.6. The van der Waals surface area contributed by atoms with Gasteiger partial charge in [0.15, 0.2) is 5.82 Å². The first-order valence-corrected chi connectivity index (χ1v) is 7.62. The van der Waals surface area contributed by atoms with Crippen LogP contribution in [0.2, 0.25) is 5.02 Å². The molecule has 0 bridgehead atoms. The second-order valence-electron chi connectivity index (χ2n) is 4.51.